The van der Waals surface area contributed by atoms with Crippen LogP contribution in [0.1, 0.15) is 19.3 Å². The largest absolute Gasteiger partial charge is 0.481 e. The van der Waals surface area contributed by atoms with Crippen LogP contribution in [0, 0.1) is 17.8 Å². The van der Waals surface area contributed by atoms with E-state index in [-0.39, 0.29) is 18.0 Å². The van der Waals surface area contributed by atoms with E-state index in [4.69, 9.17) is 4.74 Å². The number of carbonyl (C=O) groups is 2. The van der Waals surface area contributed by atoms with Crippen LogP contribution in [0.3, 0.4) is 0 Å². The molecule has 2 rings (SSSR count). The van der Waals surface area contributed by atoms with Gasteiger partial charge in [0.15, 0.2) is 0 Å². The number of rotatable bonds is 5. The van der Waals surface area contributed by atoms with Gasteiger partial charge in [0.1, 0.15) is 0 Å². The lowest BCUT2D eigenvalue weighted by Crippen LogP contribution is -2.51. The molecule has 2 fully saturated rings. The average Bonchev–Trinajstić information content (AvgIpc) is 2.96. The molecule has 0 saturated heterocycles. The molecule has 2 saturated carbocycles. The van der Waals surface area contributed by atoms with Crippen LogP contribution in [-0.4, -0.2) is 55.4 Å². The molecule has 0 radical (unpaired) electrons. The van der Waals surface area contributed by atoms with Gasteiger partial charge in [-0.15, -0.1) is 0 Å². The van der Waals surface area contributed by atoms with E-state index < -0.39 is 11.9 Å². The number of aliphatic carboxylic acids is 1. The molecule has 4 atom stereocenters. The Bertz CT molecular complexity index is 361. The Hall–Kier alpha value is -1.30. The molecule has 2 aliphatic rings. The summed E-state index contributed by atoms with van der Waals surface area (Å²) in [5, 5.41) is 12.2. The van der Waals surface area contributed by atoms with Crippen LogP contribution >= 0.6 is 0 Å². The number of ether oxygens (including phenoxy) is 1. The monoisotopic (exact) mass is 270 g/mol. The molecule has 0 aromatic rings. The molecule has 2 N–H and O–H groups in total. The Morgan fingerprint density at radius 1 is 1.37 bits per heavy atom. The summed E-state index contributed by atoms with van der Waals surface area (Å²) in [5.74, 6) is -0.640. The Morgan fingerprint density at radius 2 is 2.05 bits per heavy atom. The van der Waals surface area contributed by atoms with Crippen LogP contribution < -0.4 is 5.32 Å². The summed E-state index contributed by atoms with van der Waals surface area (Å²) < 4.78 is 4.93. The lowest BCUT2D eigenvalue weighted by Gasteiger charge is -2.30. The normalized spacial score (nSPS) is 32.3. The van der Waals surface area contributed by atoms with E-state index in [0.717, 1.165) is 19.3 Å². The lowest BCUT2D eigenvalue weighted by atomic mass is 9.84. The number of carbonyl (C=O) groups excluding carboxylic acids is 1. The van der Waals surface area contributed by atoms with Crippen LogP contribution in [0.2, 0.25) is 0 Å². The minimum atomic E-state index is -0.781. The first kappa shape index (κ1) is 14.1. The number of nitrogens with one attached hydrogen (secondary N) is 1. The number of carboxylic acids is 1. The molecule has 108 valence electrons. The number of hydrogen-bond donors (Lipinski definition) is 2. The number of fused-ring (bicyclic) bond motifs is 2. The van der Waals surface area contributed by atoms with Gasteiger partial charge >= 0.3 is 12.0 Å². The van der Waals surface area contributed by atoms with E-state index >= 15 is 0 Å². The van der Waals surface area contributed by atoms with Crippen molar-refractivity contribution in [2.24, 2.45) is 17.8 Å². The zero-order chi connectivity index (χ0) is 14.0. The summed E-state index contributed by atoms with van der Waals surface area (Å²) >= 11 is 0. The van der Waals surface area contributed by atoms with E-state index in [9.17, 15) is 14.7 Å². The van der Waals surface area contributed by atoms with Crippen molar-refractivity contribution in [1.82, 2.24) is 10.2 Å². The fourth-order valence-corrected chi connectivity index (χ4v) is 3.44. The predicted octanol–water partition coefficient (Wildman–Crippen LogP) is 0.773. The number of urea groups is 1. The Kier molecular flexibility index (Phi) is 4.29. The van der Waals surface area contributed by atoms with Crippen molar-refractivity contribution in [3.63, 3.8) is 0 Å². The first-order valence-corrected chi connectivity index (χ1v) is 6.78. The molecule has 6 nitrogen and oxygen atoms in total. The van der Waals surface area contributed by atoms with Crippen molar-refractivity contribution in [1.29, 1.82) is 0 Å². The molecule has 19 heavy (non-hydrogen) atoms. The quantitative estimate of drug-likeness (QED) is 0.773. The number of carboxylic acid groups (broad SMARTS) is 1. The zero-order valence-electron chi connectivity index (χ0n) is 11.5. The minimum absolute atomic E-state index is 0.208. The molecule has 2 aliphatic carbocycles. The van der Waals surface area contributed by atoms with Gasteiger partial charge in [0.05, 0.1) is 12.5 Å². The first-order valence-electron chi connectivity index (χ1n) is 6.78. The second-order valence-electron chi connectivity index (χ2n) is 5.59. The predicted molar refractivity (Wildman–Crippen MR) is 68.8 cm³/mol. The van der Waals surface area contributed by atoms with Gasteiger partial charge in [-0.3, -0.25) is 4.79 Å². The van der Waals surface area contributed by atoms with E-state index in [1.165, 1.54) is 4.90 Å². The van der Waals surface area contributed by atoms with Crippen molar-refractivity contribution in [2.45, 2.75) is 25.3 Å². The van der Waals surface area contributed by atoms with Gasteiger partial charge in [-0.25, -0.2) is 4.79 Å². The summed E-state index contributed by atoms with van der Waals surface area (Å²) in [4.78, 5) is 24.9. The second kappa shape index (κ2) is 5.77. The van der Waals surface area contributed by atoms with Gasteiger partial charge in [0, 0.05) is 26.7 Å². The highest BCUT2D eigenvalue weighted by Crippen LogP contribution is 2.48. The lowest BCUT2D eigenvalue weighted by molar-refractivity contribution is -0.144. The topological polar surface area (TPSA) is 78.9 Å². The van der Waals surface area contributed by atoms with Crippen LogP contribution in [0.5, 0.6) is 0 Å². The molecular formula is C13H22N2O4. The zero-order valence-corrected chi connectivity index (χ0v) is 11.5. The van der Waals surface area contributed by atoms with E-state index in [1.54, 1.807) is 14.2 Å². The number of hydrogen-bond acceptors (Lipinski definition) is 3. The van der Waals surface area contributed by atoms with Crippen molar-refractivity contribution in [3.05, 3.63) is 0 Å². The van der Waals surface area contributed by atoms with Gasteiger partial charge in [-0.2, -0.15) is 0 Å². The number of amides is 2. The van der Waals surface area contributed by atoms with Gasteiger partial charge in [-0.05, 0) is 31.1 Å². The Balaban J connectivity index is 1.94. The maximum atomic E-state index is 12.0. The summed E-state index contributed by atoms with van der Waals surface area (Å²) in [6, 6.07) is -0.422. The molecule has 2 bridgehead atoms. The van der Waals surface area contributed by atoms with Crippen LogP contribution in [0.15, 0.2) is 0 Å². The van der Waals surface area contributed by atoms with Gasteiger partial charge in [0.2, 0.25) is 0 Å². The smallest absolute Gasteiger partial charge is 0.317 e. The van der Waals surface area contributed by atoms with E-state index in [1.807, 2.05) is 0 Å². The maximum Gasteiger partial charge on any atom is 0.317 e. The van der Waals surface area contributed by atoms with Crippen molar-refractivity contribution < 1.29 is 19.4 Å². The third-order valence-corrected chi connectivity index (χ3v) is 4.47. The fourth-order valence-electron chi connectivity index (χ4n) is 3.44. The number of nitrogens with zero attached hydrogens (tertiary/aromatic N) is 1. The third-order valence-electron chi connectivity index (χ3n) is 4.47. The van der Waals surface area contributed by atoms with Gasteiger partial charge < -0.3 is 20.1 Å². The standard InChI is InChI=1S/C13H22N2O4/c1-15(5-6-19-2)13(18)14-11-9-4-3-8(7-9)10(11)12(16)17/h8-11H,3-7H2,1-2H3,(H,14,18)(H,16,17). The van der Waals surface area contributed by atoms with Crippen molar-refractivity contribution >= 4 is 12.0 Å². The highest BCUT2D eigenvalue weighted by Gasteiger charge is 2.51. The first-order chi connectivity index (χ1) is 9.04. The van der Waals surface area contributed by atoms with Crippen LogP contribution in [-0.2, 0) is 9.53 Å². The molecular weight excluding hydrogens is 248 g/mol. The molecule has 0 aromatic heterocycles. The van der Waals surface area contributed by atoms with E-state index in [0.29, 0.717) is 19.1 Å². The summed E-state index contributed by atoms with van der Waals surface area (Å²) in [5.41, 5.74) is 0. The second-order valence-corrected chi connectivity index (χ2v) is 5.59. The van der Waals surface area contributed by atoms with Gasteiger partial charge in [0.25, 0.3) is 0 Å². The van der Waals surface area contributed by atoms with Crippen molar-refractivity contribution in [2.75, 3.05) is 27.3 Å². The van der Waals surface area contributed by atoms with E-state index in [2.05, 4.69) is 5.32 Å². The molecule has 0 heterocycles. The Labute approximate surface area is 113 Å². The summed E-state index contributed by atoms with van der Waals surface area (Å²) in [6.07, 6.45) is 2.94. The number of methoxy groups -OCH3 is 1. The summed E-state index contributed by atoms with van der Waals surface area (Å²) in [6.45, 7) is 0.976. The highest BCUT2D eigenvalue weighted by atomic mass is 16.5. The third kappa shape index (κ3) is 2.83. The van der Waals surface area contributed by atoms with Crippen LogP contribution in [0.4, 0.5) is 4.79 Å². The van der Waals surface area contributed by atoms with Crippen molar-refractivity contribution in [3.8, 4) is 0 Å². The molecule has 4 unspecified atom stereocenters. The average molecular weight is 270 g/mol. The molecule has 6 heteroatoms. The van der Waals surface area contributed by atoms with Gasteiger partial charge in [-0.1, -0.05) is 0 Å². The Morgan fingerprint density at radius 3 is 2.68 bits per heavy atom. The molecule has 0 aromatic carbocycles. The number of likely N-dealkylation sites (N-methyl/N-ethyl adjacent to an activating group) is 1. The van der Waals surface area contributed by atoms with Crippen LogP contribution in [0.25, 0.3) is 0 Å². The fraction of sp³-hybridized carbons (Fsp3) is 0.846. The molecule has 0 aliphatic heterocycles. The SMILES string of the molecule is COCCN(C)C(=O)NC1C2CCC(C2)C1C(=O)O. The maximum absolute atomic E-state index is 12.0. The summed E-state index contributed by atoms with van der Waals surface area (Å²) in [7, 11) is 3.28. The highest BCUT2D eigenvalue weighted by molar-refractivity contribution is 5.77. The minimum Gasteiger partial charge on any atom is -0.481 e. The molecule has 0 spiro atoms. The molecule has 2 amide bonds.